The number of carbonyl (C=O) groups is 1. The highest BCUT2D eigenvalue weighted by Crippen LogP contribution is 2.51. The molecule has 0 radical (unpaired) electrons. The highest BCUT2D eigenvalue weighted by atomic mass is 35.5. The van der Waals surface area contributed by atoms with E-state index < -0.39 is 6.61 Å². The Balaban J connectivity index is 2.02. The molecule has 1 saturated heterocycles. The Bertz CT molecular complexity index is 623. The normalized spacial score (nSPS) is 26.2. The van der Waals surface area contributed by atoms with Crippen molar-refractivity contribution in [3.63, 3.8) is 0 Å². The largest absolute Gasteiger partial charge is 0.496 e. The molecule has 1 fully saturated rings. The van der Waals surface area contributed by atoms with Crippen LogP contribution < -0.4 is 10.1 Å². The van der Waals surface area contributed by atoms with E-state index in [-0.39, 0.29) is 23.9 Å². The van der Waals surface area contributed by atoms with Crippen molar-refractivity contribution in [1.29, 1.82) is 0 Å². The maximum absolute atomic E-state index is 11.9. The van der Waals surface area contributed by atoms with Crippen LogP contribution in [0, 0.1) is 0 Å². The number of rotatable bonds is 2. The predicted molar refractivity (Wildman–Crippen MR) is 86.0 cm³/mol. The number of anilines is 1. The molecule has 2 unspecified atom stereocenters. The van der Waals surface area contributed by atoms with Crippen LogP contribution >= 0.6 is 23.2 Å². The summed E-state index contributed by atoms with van der Waals surface area (Å²) in [5.74, 6) is 0.500. The molecule has 1 aromatic carbocycles. The van der Waals surface area contributed by atoms with Crippen molar-refractivity contribution in [1.82, 2.24) is 4.90 Å². The van der Waals surface area contributed by atoms with E-state index in [0.29, 0.717) is 22.3 Å². The lowest BCUT2D eigenvalue weighted by atomic mass is 9.85. The van der Waals surface area contributed by atoms with Crippen LogP contribution in [-0.4, -0.2) is 48.3 Å². The maximum Gasteiger partial charge on any atom is 0.248 e. The molecule has 2 heterocycles. The molecule has 120 valence electrons. The van der Waals surface area contributed by atoms with Crippen LogP contribution in [0.5, 0.6) is 5.75 Å². The van der Waals surface area contributed by atoms with Crippen molar-refractivity contribution in [3.8, 4) is 5.75 Å². The van der Waals surface area contributed by atoms with E-state index in [4.69, 9.17) is 33.0 Å². The van der Waals surface area contributed by atoms with Crippen molar-refractivity contribution in [2.45, 2.75) is 31.3 Å². The Labute approximate surface area is 139 Å². The Kier molecular flexibility index (Phi) is 4.14. The quantitative estimate of drug-likeness (QED) is 0.865. The van der Waals surface area contributed by atoms with Crippen LogP contribution in [0.4, 0.5) is 5.69 Å². The Hall–Kier alpha value is -1.17. The number of ether oxygens (including phenoxy) is 1. The summed E-state index contributed by atoms with van der Waals surface area (Å²) in [5, 5.41) is 13.5. The number of halogens is 2. The van der Waals surface area contributed by atoms with Gasteiger partial charge in [-0.15, -0.1) is 0 Å². The van der Waals surface area contributed by atoms with Crippen molar-refractivity contribution < 1.29 is 14.6 Å². The molecule has 2 N–H and O–H groups in total. The first kappa shape index (κ1) is 15.7. The van der Waals surface area contributed by atoms with Gasteiger partial charge in [-0.3, -0.25) is 4.79 Å². The second-order valence-electron chi connectivity index (χ2n) is 5.81. The van der Waals surface area contributed by atoms with Crippen LogP contribution in [0.25, 0.3) is 0 Å². The third kappa shape index (κ3) is 2.32. The number of nitrogens with one attached hydrogen (secondary N) is 1. The summed E-state index contributed by atoms with van der Waals surface area (Å²) in [4.78, 5) is 13.7. The molecule has 0 aromatic heterocycles. The topological polar surface area (TPSA) is 61.8 Å². The number of amides is 1. The molecule has 3 rings (SSSR count). The average molecular weight is 345 g/mol. The van der Waals surface area contributed by atoms with Crippen molar-refractivity contribution in [2.24, 2.45) is 0 Å². The number of likely N-dealkylation sites (tertiary alicyclic amines) is 1. The van der Waals surface area contributed by atoms with Gasteiger partial charge in [0.05, 0.1) is 22.8 Å². The lowest BCUT2D eigenvalue weighted by Gasteiger charge is -2.40. The fraction of sp³-hybridized carbons (Fsp3) is 0.533. The molecule has 1 aromatic rings. The number of hydrogen-bond donors (Lipinski definition) is 2. The van der Waals surface area contributed by atoms with Gasteiger partial charge in [0.1, 0.15) is 12.4 Å². The van der Waals surface area contributed by atoms with Gasteiger partial charge >= 0.3 is 0 Å². The molecule has 7 heteroatoms. The number of aliphatic hydroxyl groups is 1. The van der Waals surface area contributed by atoms with Crippen LogP contribution in [0.15, 0.2) is 6.07 Å². The van der Waals surface area contributed by atoms with Crippen molar-refractivity contribution in [2.75, 3.05) is 25.6 Å². The molecule has 0 saturated carbocycles. The highest BCUT2D eigenvalue weighted by molar-refractivity contribution is 6.44. The van der Waals surface area contributed by atoms with Crippen molar-refractivity contribution >= 4 is 34.8 Å². The molecule has 2 aliphatic rings. The second-order valence-corrected chi connectivity index (χ2v) is 6.59. The number of benzene rings is 1. The van der Waals surface area contributed by atoms with E-state index in [2.05, 4.69) is 5.32 Å². The minimum atomic E-state index is -0.472. The summed E-state index contributed by atoms with van der Waals surface area (Å²) in [7, 11) is 1.59. The summed E-state index contributed by atoms with van der Waals surface area (Å²) in [5.41, 5.74) is 1.76. The lowest BCUT2D eigenvalue weighted by molar-refractivity contribution is -0.137. The molecule has 2 aliphatic heterocycles. The van der Waals surface area contributed by atoms with E-state index in [1.165, 1.54) is 0 Å². The number of hydrogen-bond acceptors (Lipinski definition) is 4. The number of nitrogens with zero attached hydrogens (tertiary/aromatic N) is 1. The van der Waals surface area contributed by atoms with Gasteiger partial charge < -0.3 is 20.1 Å². The monoisotopic (exact) mass is 344 g/mol. The van der Waals surface area contributed by atoms with Crippen LogP contribution in [0.3, 0.4) is 0 Å². The molecule has 0 spiro atoms. The standard InChI is InChI=1S/C15H18Cl2N2O3/c1-7-3-10-8(5-19(7)12(21)6-20)13-11(22-2)4-9(16)14(17)15(13)18-10/h4,7-8,10,18,20H,3,5-6H2,1-2H3/t7-,8?,10?/m1/s1. The van der Waals surface area contributed by atoms with Crippen LogP contribution in [0.2, 0.25) is 10.0 Å². The summed E-state index contributed by atoms with van der Waals surface area (Å²) >= 11 is 12.5. The number of fused-ring (bicyclic) bond motifs is 3. The van der Waals surface area contributed by atoms with Crippen molar-refractivity contribution in [3.05, 3.63) is 21.7 Å². The Morgan fingerprint density at radius 1 is 1.55 bits per heavy atom. The van der Waals surface area contributed by atoms with E-state index in [1.807, 2.05) is 6.92 Å². The first-order chi connectivity index (χ1) is 10.5. The molecule has 22 heavy (non-hydrogen) atoms. The Morgan fingerprint density at radius 2 is 2.27 bits per heavy atom. The minimum absolute atomic E-state index is 0.0583. The van der Waals surface area contributed by atoms with E-state index in [9.17, 15) is 4.79 Å². The first-order valence-corrected chi connectivity index (χ1v) is 7.96. The van der Waals surface area contributed by atoms with Gasteiger partial charge in [0.2, 0.25) is 5.91 Å². The molecule has 0 bridgehead atoms. The van der Waals surface area contributed by atoms with Gasteiger partial charge in [-0.2, -0.15) is 0 Å². The summed E-state index contributed by atoms with van der Waals surface area (Å²) in [6.07, 6.45) is 0.780. The zero-order chi connectivity index (χ0) is 16.0. The zero-order valence-electron chi connectivity index (χ0n) is 12.4. The van der Waals surface area contributed by atoms with Gasteiger partial charge in [0.15, 0.2) is 0 Å². The molecule has 5 nitrogen and oxygen atoms in total. The molecular weight excluding hydrogens is 327 g/mol. The average Bonchev–Trinajstić information content (AvgIpc) is 2.87. The lowest BCUT2D eigenvalue weighted by Crippen LogP contribution is -2.51. The molecule has 1 amide bonds. The fourth-order valence-corrected chi connectivity index (χ4v) is 3.95. The van der Waals surface area contributed by atoms with Crippen LogP contribution in [-0.2, 0) is 4.79 Å². The van der Waals surface area contributed by atoms with Gasteiger partial charge in [0, 0.05) is 36.2 Å². The van der Waals surface area contributed by atoms with Gasteiger partial charge in [-0.25, -0.2) is 0 Å². The zero-order valence-corrected chi connectivity index (χ0v) is 13.9. The minimum Gasteiger partial charge on any atom is -0.496 e. The predicted octanol–water partition coefficient (Wildman–Crippen LogP) is 2.49. The fourth-order valence-electron chi connectivity index (χ4n) is 3.55. The van der Waals surface area contributed by atoms with Crippen LogP contribution in [0.1, 0.15) is 24.8 Å². The van der Waals surface area contributed by atoms with Gasteiger partial charge in [0.25, 0.3) is 0 Å². The third-order valence-electron chi connectivity index (χ3n) is 4.60. The summed E-state index contributed by atoms with van der Waals surface area (Å²) in [6, 6.07) is 1.95. The van der Waals surface area contributed by atoms with Gasteiger partial charge in [-0.05, 0) is 13.3 Å². The van der Waals surface area contributed by atoms with E-state index in [0.717, 1.165) is 17.7 Å². The summed E-state index contributed by atoms with van der Waals surface area (Å²) in [6.45, 7) is 2.04. The number of aliphatic hydroxyl groups excluding tert-OH is 1. The maximum atomic E-state index is 11.9. The SMILES string of the molecule is COc1cc(Cl)c(Cl)c2c1C1CN(C(=O)CO)[C@H](C)CC1N2. The molecule has 0 aliphatic carbocycles. The Morgan fingerprint density at radius 3 is 2.91 bits per heavy atom. The molecular formula is C15H18Cl2N2O3. The number of piperidine rings is 1. The first-order valence-electron chi connectivity index (χ1n) is 7.20. The second kappa shape index (κ2) is 5.80. The summed E-state index contributed by atoms with van der Waals surface area (Å²) < 4.78 is 5.45. The number of methoxy groups -OCH3 is 1. The third-order valence-corrected chi connectivity index (χ3v) is 5.39. The molecule has 3 atom stereocenters. The smallest absolute Gasteiger partial charge is 0.248 e. The number of carbonyl (C=O) groups excluding carboxylic acids is 1. The van der Waals surface area contributed by atoms with Gasteiger partial charge in [-0.1, -0.05) is 23.2 Å². The van der Waals surface area contributed by atoms with E-state index in [1.54, 1.807) is 18.1 Å². The highest BCUT2D eigenvalue weighted by Gasteiger charge is 2.43. The van der Waals surface area contributed by atoms with E-state index >= 15 is 0 Å².